The molecule has 33 heavy (non-hydrogen) atoms. The molecule has 4 aromatic carbocycles. The normalized spacial score (nSPS) is 13.5. The van der Waals surface area contributed by atoms with Gasteiger partial charge in [0.1, 0.15) is 0 Å². The van der Waals surface area contributed by atoms with Crippen LogP contribution in [0.2, 0.25) is 0 Å². The molecule has 4 aromatic rings. The van der Waals surface area contributed by atoms with E-state index in [4.69, 9.17) is 0 Å². The lowest BCUT2D eigenvalue weighted by atomic mass is 9.70. The Morgan fingerprint density at radius 2 is 0.909 bits per heavy atom. The standard InChI is InChI=1S/C31H30O2/c32-19-7-17-31(18-8-20-33)29-21-25(23-9-3-1-4-10-23)13-15-27(29)28-16-14-26(22-30(28)31)24-11-5-2-6-12-24/h1-6,9-16,21-22,32-33H,7-8,17-20H2. The number of aliphatic hydroxyl groups excluding tert-OH is 2. The van der Waals surface area contributed by atoms with Crippen LogP contribution < -0.4 is 0 Å². The van der Waals surface area contributed by atoms with E-state index in [1.54, 1.807) is 0 Å². The first-order chi connectivity index (χ1) is 16.3. The summed E-state index contributed by atoms with van der Waals surface area (Å²) in [6, 6.07) is 34.7. The lowest BCUT2D eigenvalue weighted by Gasteiger charge is -2.33. The second-order valence-corrected chi connectivity index (χ2v) is 8.99. The summed E-state index contributed by atoms with van der Waals surface area (Å²) in [5.41, 5.74) is 9.83. The van der Waals surface area contributed by atoms with Crippen molar-refractivity contribution in [2.45, 2.75) is 31.1 Å². The maximum Gasteiger partial charge on any atom is 0.0431 e. The lowest BCUT2D eigenvalue weighted by molar-refractivity contribution is 0.247. The van der Waals surface area contributed by atoms with Gasteiger partial charge in [-0.1, -0.05) is 84.9 Å². The molecule has 0 radical (unpaired) electrons. The first-order valence-electron chi connectivity index (χ1n) is 11.9. The Hall–Kier alpha value is -3.20. The van der Waals surface area contributed by atoms with Crippen LogP contribution in [0, 0.1) is 0 Å². The first kappa shape index (κ1) is 21.6. The van der Waals surface area contributed by atoms with Gasteiger partial charge in [0.2, 0.25) is 0 Å². The molecule has 0 unspecified atom stereocenters. The van der Waals surface area contributed by atoms with E-state index in [0.717, 1.165) is 25.7 Å². The maximum atomic E-state index is 9.78. The quantitative estimate of drug-likeness (QED) is 0.319. The molecule has 0 atom stereocenters. The molecule has 0 bridgehead atoms. The Balaban J connectivity index is 1.71. The highest BCUT2D eigenvalue weighted by Gasteiger charge is 2.42. The van der Waals surface area contributed by atoms with Crippen LogP contribution in [0.1, 0.15) is 36.8 Å². The molecule has 0 aliphatic heterocycles. The number of aliphatic hydroxyl groups is 2. The minimum Gasteiger partial charge on any atom is -0.396 e. The van der Waals surface area contributed by atoms with Crippen molar-refractivity contribution in [1.82, 2.24) is 0 Å². The van der Waals surface area contributed by atoms with Crippen LogP contribution in [0.5, 0.6) is 0 Å². The SMILES string of the molecule is OCCCC1(CCCO)c2cc(-c3ccccc3)ccc2-c2ccc(-c3ccccc3)cc21. The average molecular weight is 435 g/mol. The summed E-state index contributed by atoms with van der Waals surface area (Å²) >= 11 is 0. The summed E-state index contributed by atoms with van der Waals surface area (Å²) in [5, 5.41) is 19.6. The van der Waals surface area contributed by atoms with Gasteiger partial charge < -0.3 is 10.2 Å². The minimum absolute atomic E-state index is 0.169. The summed E-state index contributed by atoms with van der Waals surface area (Å²) in [7, 11) is 0. The van der Waals surface area contributed by atoms with Crippen molar-refractivity contribution in [2.24, 2.45) is 0 Å². The van der Waals surface area contributed by atoms with Crippen LogP contribution in [0.25, 0.3) is 33.4 Å². The summed E-state index contributed by atoms with van der Waals surface area (Å²) in [5.74, 6) is 0. The van der Waals surface area contributed by atoms with Crippen LogP contribution >= 0.6 is 0 Å². The fraction of sp³-hybridized carbons (Fsp3) is 0.226. The van der Waals surface area contributed by atoms with Crippen molar-refractivity contribution in [3.8, 4) is 33.4 Å². The van der Waals surface area contributed by atoms with E-state index in [9.17, 15) is 10.2 Å². The van der Waals surface area contributed by atoms with E-state index in [1.807, 2.05) is 12.1 Å². The fourth-order valence-electron chi connectivity index (χ4n) is 5.54. The van der Waals surface area contributed by atoms with Gasteiger partial charge in [-0.3, -0.25) is 0 Å². The van der Waals surface area contributed by atoms with E-state index in [2.05, 4.69) is 84.9 Å². The molecule has 0 fully saturated rings. The molecule has 0 spiro atoms. The minimum atomic E-state index is -0.217. The van der Waals surface area contributed by atoms with Crippen molar-refractivity contribution in [3.63, 3.8) is 0 Å². The fourth-order valence-corrected chi connectivity index (χ4v) is 5.54. The molecule has 0 saturated carbocycles. The molecule has 166 valence electrons. The van der Waals surface area contributed by atoms with Crippen molar-refractivity contribution >= 4 is 0 Å². The maximum absolute atomic E-state index is 9.78. The molecule has 2 nitrogen and oxygen atoms in total. The molecular weight excluding hydrogens is 404 g/mol. The monoisotopic (exact) mass is 434 g/mol. The number of hydrogen-bond acceptors (Lipinski definition) is 2. The van der Waals surface area contributed by atoms with E-state index in [1.165, 1.54) is 44.5 Å². The van der Waals surface area contributed by atoms with Crippen molar-refractivity contribution in [2.75, 3.05) is 13.2 Å². The summed E-state index contributed by atoms with van der Waals surface area (Å²) < 4.78 is 0. The topological polar surface area (TPSA) is 40.5 Å². The predicted molar refractivity (Wildman–Crippen MR) is 136 cm³/mol. The van der Waals surface area contributed by atoms with Crippen LogP contribution in [0.15, 0.2) is 97.1 Å². The van der Waals surface area contributed by atoms with Gasteiger partial charge >= 0.3 is 0 Å². The number of hydrogen-bond donors (Lipinski definition) is 2. The number of fused-ring (bicyclic) bond motifs is 3. The molecule has 0 heterocycles. The third kappa shape index (κ3) is 3.90. The molecule has 2 heteroatoms. The van der Waals surface area contributed by atoms with Gasteiger partial charge in [0, 0.05) is 18.6 Å². The zero-order valence-electron chi connectivity index (χ0n) is 18.9. The largest absolute Gasteiger partial charge is 0.396 e. The van der Waals surface area contributed by atoms with Gasteiger partial charge in [-0.15, -0.1) is 0 Å². The molecule has 2 N–H and O–H groups in total. The second-order valence-electron chi connectivity index (χ2n) is 8.99. The summed E-state index contributed by atoms with van der Waals surface area (Å²) in [6.45, 7) is 0.338. The van der Waals surface area contributed by atoms with Crippen molar-refractivity contribution in [1.29, 1.82) is 0 Å². The zero-order chi connectivity index (χ0) is 22.7. The third-order valence-corrected chi connectivity index (χ3v) is 7.10. The number of benzene rings is 4. The van der Waals surface area contributed by atoms with Gasteiger partial charge in [-0.2, -0.15) is 0 Å². The Labute approximate surface area is 196 Å². The van der Waals surface area contributed by atoms with E-state index < -0.39 is 0 Å². The molecule has 5 rings (SSSR count). The van der Waals surface area contributed by atoms with Gasteiger partial charge in [0.05, 0.1) is 0 Å². The third-order valence-electron chi connectivity index (χ3n) is 7.10. The number of rotatable bonds is 8. The van der Waals surface area contributed by atoms with Crippen LogP contribution in [-0.2, 0) is 5.41 Å². The second kappa shape index (κ2) is 9.35. The van der Waals surface area contributed by atoms with E-state index in [0.29, 0.717) is 0 Å². The Bertz CT molecular complexity index is 1130. The Kier molecular flexibility index (Phi) is 6.13. The highest BCUT2D eigenvalue weighted by Crippen LogP contribution is 2.55. The van der Waals surface area contributed by atoms with Gasteiger partial charge in [0.15, 0.2) is 0 Å². The van der Waals surface area contributed by atoms with Crippen LogP contribution in [0.3, 0.4) is 0 Å². The smallest absolute Gasteiger partial charge is 0.0431 e. The predicted octanol–water partition coefficient (Wildman–Crippen LogP) is 6.83. The average Bonchev–Trinajstić information content (AvgIpc) is 3.16. The van der Waals surface area contributed by atoms with Crippen LogP contribution in [-0.4, -0.2) is 23.4 Å². The summed E-state index contributed by atoms with van der Waals surface area (Å²) in [4.78, 5) is 0. The van der Waals surface area contributed by atoms with Crippen LogP contribution in [0.4, 0.5) is 0 Å². The van der Waals surface area contributed by atoms with Gasteiger partial charge in [0.25, 0.3) is 0 Å². The highest BCUT2D eigenvalue weighted by molar-refractivity contribution is 5.86. The van der Waals surface area contributed by atoms with E-state index in [-0.39, 0.29) is 18.6 Å². The molecule has 0 amide bonds. The highest BCUT2D eigenvalue weighted by atomic mass is 16.3. The molecule has 1 aliphatic rings. The first-order valence-corrected chi connectivity index (χ1v) is 11.9. The van der Waals surface area contributed by atoms with Crippen molar-refractivity contribution < 1.29 is 10.2 Å². The molecule has 0 aromatic heterocycles. The van der Waals surface area contributed by atoms with Gasteiger partial charge in [-0.25, -0.2) is 0 Å². The zero-order valence-corrected chi connectivity index (χ0v) is 18.9. The Morgan fingerprint density at radius 3 is 1.30 bits per heavy atom. The molecule has 1 aliphatic carbocycles. The molecular formula is C31H30O2. The van der Waals surface area contributed by atoms with Crippen molar-refractivity contribution in [3.05, 3.63) is 108 Å². The van der Waals surface area contributed by atoms with E-state index >= 15 is 0 Å². The Morgan fingerprint density at radius 1 is 0.485 bits per heavy atom. The summed E-state index contributed by atoms with van der Waals surface area (Å²) in [6.07, 6.45) is 3.19. The molecule has 0 saturated heterocycles. The lowest BCUT2D eigenvalue weighted by Crippen LogP contribution is -2.26. The van der Waals surface area contributed by atoms with Gasteiger partial charge in [-0.05, 0) is 82.3 Å².